The largest absolute Gasteiger partial charge is 0.459 e. The van der Waals surface area contributed by atoms with Gasteiger partial charge in [0.05, 0.1) is 6.26 Å². The SMILES string of the molecule is CCc1ccc(Nc2ncnc(NNC(=O)c3ccco3)c2N)cc1. The van der Waals surface area contributed by atoms with E-state index in [0.29, 0.717) is 5.82 Å². The van der Waals surface area contributed by atoms with Crippen LogP contribution < -0.4 is 21.9 Å². The number of hydrazine groups is 1. The fourth-order valence-corrected chi connectivity index (χ4v) is 2.14. The summed E-state index contributed by atoms with van der Waals surface area (Å²) in [6.45, 7) is 2.10. The van der Waals surface area contributed by atoms with E-state index in [1.165, 1.54) is 18.2 Å². The van der Waals surface area contributed by atoms with Gasteiger partial charge >= 0.3 is 5.91 Å². The molecule has 25 heavy (non-hydrogen) atoms. The van der Waals surface area contributed by atoms with Crippen molar-refractivity contribution in [1.82, 2.24) is 15.4 Å². The summed E-state index contributed by atoms with van der Waals surface area (Å²) >= 11 is 0. The van der Waals surface area contributed by atoms with E-state index in [1.807, 2.05) is 24.3 Å². The minimum atomic E-state index is -0.437. The van der Waals surface area contributed by atoms with Gasteiger partial charge in [-0.25, -0.2) is 9.97 Å². The molecule has 0 aliphatic heterocycles. The lowest BCUT2D eigenvalue weighted by Gasteiger charge is -2.13. The highest BCUT2D eigenvalue weighted by Crippen LogP contribution is 2.25. The Balaban J connectivity index is 1.69. The summed E-state index contributed by atoms with van der Waals surface area (Å²) < 4.78 is 5.01. The molecule has 5 N–H and O–H groups in total. The third-order valence-corrected chi connectivity index (χ3v) is 3.55. The van der Waals surface area contributed by atoms with Gasteiger partial charge in [0.15, 0.2) is 17.4 Å². The first-order valence-corrected chi connectivity index (χ1v) is 7.73. The van der Waals surface area contributed by atoms with Gasteiger partial charge in [0.2, 0.25) is 0 Å². The van der Waals surface area contributed by atoms with E-state index in [0.717, 1.165) is 12.1 Å². The number of nitrogens with two attached hydrogens (primary N) is 1. The van der Waals surface area contributed by atoms with E-state index < -0.39 is 5.91 Å². The molecule has 8 heteroatoms. The Morgan fingerprint density at radius 3 is 2.60 bits per heavy atom. The van der Waals surface area contributed by atoms with Crippen LogP contribution in [0.1, 0.15) is 23.0 Å². The molecule has 0 bridgehead atoms. The summed E-state index contributed by atoms with van der Waals surface area (Å²) in [5, 5.41) is 3.13. The molecule has 0 saturated heterocycles. The summed E-state index contributed by atoms with van der Waals surface area (Å²) in [5.41, 5.74) is 13.6. The molecule has 1 aromatic carbocycles. The van der Waals surface area contributed by atoms with Gasteiger partial charge < -0.3 is 15.5 Å². The fourth-order valence-electron chi connectivity index (χ4n) is 2.14. The van der Waals surface area contributed by atoms with E-state index in [4.69, 9.17) is 10.2 Å². The summed E-state index contributed by atoms with van der Waals surface area (Å²) in [6.07, 6.45) is 3.74. The predicted octanol–water partition coefficient (Wildman–Crippen LogP) is 2.71. The number of nitrogens with zero attached hydrogens (tertiary/aromatic N) is 2. The average Bonchev–Trinajstić information content (AvgIpc) is 3.17. The van der Waals surface area contributed by atoms with Crippen molar-refractivity contribution in [2.45, 2.75) is 13.3 Å². The molecule has 0 saturated carbocycles. The first-order chi connectivity index (χ1) is 12.2. The zero-order valence-electron chi connectivity index (χ0n) is 13.6. The van der Waals surface area contributed by atoms with Crippen LogP contribution in [0.15, 0.2) is 53.4 Å². The maximum Gasteiger partial charge on any atom is 0.305 e. The van der Waals surface area contributed by atoms with E-state index in [9.17, 15) is 4.79 Å². The summed E-state index contributed by atoms with van der Waals surface area (Å²) in [5.74, 6) is 0.457. The molecule has 0 unspecified atom stereocenters. The number of carbonyl (C=O) groups excluding carboxylic acids is 1. The number of nitrogens with one attached hydrogen (secondary N) is 3. The minimum Gasteiger partial charge on any atom is -0.459 e. The standard InChI is InChI=1S/C17H18N6O2/c1-2-11-5-7-12(8-6-11)21-15-14(18)16(20-10-19-15)22-23-17(24)13-4-3-9-25-13/h3-10H,2,18H2,1H3,(H,23,24)(H2,19,20,21,22). The van der Waals surface area contributed by atoms with Gasteiger partial charge in [0, 0.05) is 5.69 Å². The molecule has 8 nitrogen and oxygen atoms in total. The molecule has 0 spiro atoms. The van der Waals surface area contributed by atoms with Gasteiger partial charge in [0.25, 0.3) is 0 Å². The summed E-state index contributed by atoms with van der Waals surface area (Å²) in [4.78, 5) is 20.0. The van der Waals surface area contributed by atoms with E-state index >= 15 is 0 Å². The minimum absolute atomic E-state index is 0.175. The Labute approximate surface area is 144 Å². The Morgan fingerprint density at radius 1 is 1.16 bits per heavy atom. The zero-order chi connectivity index (χ0) is 17.6. The Morgan fingerprint density at radius 2 is 1.92 bits per heavy atom. The topological polar surface area (TPSA) is 118 Å². The second-order valence-electron chi connectivity index (χ2n) is 5.22. The lowest BCUT2D eigenvalue weighted by atomic mass is 10.1. The number of aryl methyl sites for hydroxylation is 1. The fraction of sp³-hybridized carbons (Fsp3) is 0.118. The number of anilines is 4. The van der Waals surface area contributed by atoms with Crippen molar-refractivity contribution in [1.29, 1.82) is 0 Å². The van der Waals surface area contributed by atoms with Gasteiger partial charge in [-0.2, -0.15) is 0 Å². The molecular formula is C17H18N6O2. The molecule has 2 heterocycles. The van der Waals surface area contributed by atoms with Gasteiger partial charge in [0.1, 0.15) is 12.0 Å². The number of hydrogen-bond acceptors (Lipinski definition) is 7. The van der Waals surface area contributed by atoms with Crippen LogP contribution in [0.5, 0.6) is 0 Å². The van der Waals surface area contributed by atoms with Crippen LogP contribution in [0.2, 0.25) is 0 Å². The highest BCUT2D eigenvalue weighted by molar-refractivity contribution is 5.92. The van der Waals surface area contributed by atoms with Gasteiger partial charge in [-0.1, -0.05) is 19.1 Å². The van der Waals surface area contributed by atoms with Crippen molar-refractivity contribution >= 4 is 28.9 Å². The molecule has 0 fully saturated rings. The van der Waals surface area contributed by atoms with Crippen molar-refractivity contribution in [2.24, 2.45) is 0 Å². The van der Waals surface area contributed by atoms with Crippen LogP contribution >= 0.6 is 0 Å². The lowest BCUT2D eigenvalue weighted by Crippen LogP contribution is -2.30. The van der Waals surface area contributed by atoms with Gasteiger partial charge in [-0.15, -0.1) is 0 Å². The van der Waals surface area contributed by atoms with E-state index in [-0.39, 0.29) is 17.3 Å². The number of furan rings is 1. The van der Waals surface area contributed by atoms with Crippen molar-refractivity contribution in [3.63, 3.8) is 0 Å². The molecule has 0 atom stereocenters. The zero-order valence-corrected chi connectivity index (χ0v) is 13.6. The lowest BCUT2D eigenvalue weighted by molar-refractivity contribution is 0.0935. The maximum atomic E-state index is 11.9. The predicted molar refractivity (Wildman–Crippen MR) is 95.3 cm³/mol. The monoisotopic (exact) mass is 338 g/mol. The third kappa shape index (κ3) is 3.86. The first kappa shape index (κ1) is 16.3. The number of nitrogen functional groups attached to an aromatic ring is 1. The molecule has 0 radical (unpaired) electrons. The first-order valence-electron chi connectivity index (χ1n) is 7.73. The van der Waals surface area contributed by atoms with Crippen LogP contribution in [-0.4, -0.2) is 15.9 Å². The Kier molecular flexibility index (Phi) is 4.79. The number of rotatable bonds is 6. The number of hydrogen-bond donors (Lipinski definition) is 4. The second-order valence-corrected chi connectivity index (χ2v) is 5.22. The van der Waals surface area contributed by atoms with Crippen molar-refractivity contribution < 1.29 is 9.21 Å². The van der Waals surface area contributed by atoms with E-state index in [1.54, 1.807) is 12.1 Å². The van der Waals surface area contributed by atoms with Crippen LogP contribution in [0, 0.1) is 0 Å². The molecule has 2 aromatic heterocycles. The molecule has 3 rings (SSSR count). The quantitative estimate of drug-likeness (QED) is 0.510. The summed E-state index contributed by atoms with van der Waals surface area (Å²) in [7, 11) is 0. The van der Waals surface area contributed by atoms with Crippen LogP contribution in [-0.2, 0) is 6.42 Å². The van der Waals surface area contributed by atoms with E-state index in [2.05, 4.69) is 33.1 Å². The van der Waals surface area contributed by atoms with Crippen LogP contribution in [0.3, 0.4) is 0 Å². The molecule has 1 amide bonds. The smallest absolute Gasteiger partial charge is 0.305 e. The van der Waals surface area contributed by atoms with Crippen molar-refractivity contribution in [3.05, 3.63) is 60.3 Å². The maximum absolute atomic E-state index is 11.9. The van der Waals surface area contributed by atoms with Gasteiger partial charge in [-0.3, -0.25) is 15.6 Å². The summed E-state index contributed by atoms with van der Waals surface area (Å²) in [6, 6.07) is 11.1. The van der Waals surface area contributed by atoms with Gasteiger partial charge in [-0.05, 0) is 36.2 Å². The third-order valence-electron chi connectivity index (χ3n) is 3.55. The average molecular weight is 338 g/mol. The molecule has 3 aromatic rings. The van der Waals surface area contributed by atoms with Crippen LogP contribution in [0.25, 0.3) is 0 Å². The Hall–Kier alpha value is -3.55. The second kappa shape index (κ2) is 7.35. The van der Waals surface area contributed by atoms with Crippen LogP contribution in [0.4, 0.5) is 23.0 Å². The number of carbonyl (C=O) groups is 1. The normalized spacial score (nSPS) is 10.3. The highest BCUT2D eigenvalue weighted by Gasteiger charge is 2.11. The molecule has 0 aliphatic carbocycles. The number of benzene rings is 1. The van der Waals surface area contributed by atoms with Crippen molar-refractivity contribution in [2.75, 3.05) is 16.5 Å². The number of amides is 1. The van der Waals surface area contributed by atoms with Crippen molar-refractivity contribution in [3.8, 4) is 0 Å². The molecular weight excluding hydrogens is 320 g/mol. The number of aromatic nitrogens is 2. The molecule has 128 valence electrons. The Bertz CT molecular complexity index is 846. The highest BCUT2D eigenvalue weighted by atomic mass is 16.3. The molecule has 0 aliphatic rings.